The molecule has 1 atom stereocenters. The molecule has 1 amide bonds. The van der Waals surface area contributed by atoms with Crippen molar-refractivity contribution >= 4 is 21.8 Å². The fourth-order valence-corrected chi connectivity index (χ4v) is 2.48. The minimum Gasteiger partial charge on any atom is -0.497 e. The van der Waals surface area contributed by atoms with E-state index in [1.54, 1.807) is 7.11 Å². The zero-order chi connectivity index (χ0) is 13.5. The van der Waals surface area contributed by atoms with Crippen molar-refractivity contribution in [1.82, 2.24) is 5.32 Å². The van der Waals surface area contributed by atoms with Gasteiger partial charge in [-0.05, 0) is 23.6 Å². The van der Waals surface area contributed by atoms with E-state index in [0.29, 0.717) is 12.3 Å². The lowest BCUT2D eigenvalue weighted by Gasteiger charge is -2.19. The van der Waals surface area contributed by atoms with Crippen LogP contribution in [-0.2, 0) is 11.2 Å². The molecule has 0 saturated carbocycles. The number of amides is 1. The van der Waals surface area contributed by atoms with Crippen LogP contribution in [0.15, 0.2) is 24.3 Å². The Bertz CT molecular complexity index is 376. The first kappa shape index (κ1) is 15.0. The van der Waals surface area contributed by atoms with Gasteiger partial charge in [0.15, 0.2) is 0 Å². The van der Waals surface area contributed by atoms with Crippen LogP contribution in [-0.4, -0.2) is 24.4 Å². The highest BCUT2D eigenvalue weighted by Gasteiger charge is 2.14. The molecule has 1 aromatic rings. The molecule has 0 aliphatic rings. The first-order valence-corrected chi connectivity index (χ1v) is 7.17. The van der Waals surface area contributed by atoms with Gasteiger partial charge in [0.1, 0.15) is 5.75 Å². The van der Waals surface area contributed by atoms with Crippen molar-refractivity contribution in [3.63, 3.8) is 0 Å². The zero-order valence-electron chi connectivity index (χ0n) is 11.1. The lowest BCUT2D eigenvalue weighted by atomic mass is 10.1. The van der Waals surface area contributed by atoms with Crippen LogP contribution in [0.3, 0.4) is 0 Å². The van der Waals surface area contributed by atoms with E-state index in [2.05, 4.69) is 35.1 Å². The second-order valence-electron chi connectivity index (χ2n) is 4.60. The number of carbonyl (C=O) groups excluding carboxylic acids is 1. The fraction of sp³-hybridized carbons (Fsp3) is 0.500. The minimum atomic E-state index is 0.0540. The summed E-state index contributed by atoms with van der Waals surface area (Å²) in [4.78, 5) is 11.9. The van der Waals surface area contributed by atoms with Crippen molar-refractivity contribution in [2.24, 2.45) is 5.92 Å². The number of hydrogen-bond acceptors (Lipinski definition) is 2. The molecular weight excluding hydrogens is 294 g/mol. The largest absolute Gasteiger partial charge is 0.497 e. The average Bonchev–Trinajstić information content (AvgIpc) is 2.36. The Balaban J connectivity index is 2.53. The summed E-state index contributed by atoms with van der Waals surface area (Å²) in [6.07, 6.45) is 0.403. The summed E-state index contributed by atoms with van der Waals surface area (Å²) in [5.41, 5.74) is 0.991. The van der Waals surface area contributed by atoms with E-state index in [0.717, 1.165) is 16.6 Å². The predicted octanol–water partition coefficient (Wildman–Crippen LogP) is 2.77. The van der Waals surface area contributed by atoms with E-state index in [-0.39, 0.29) is 11.9 Å². The molecule has 1 unspecified atom stereocenters. The SMILES string of the molecule is COc1ccc(CC(=O)NC(CBr)C(C)C)cc1. The summed E-state index contributed by atoms with van der Waals surface area (Å²) in [7, 11) is 1.63. The molecular formula is C14H20BrNO2. The van der Waals surface area contributed by atoms with E-state index in [1.165, 1.54) is 0 Å². The smallest absolute Gasteiger partial charge is 0.224 e. The van der Waals surface area contributed by atoms with Gasteiger partial charge < -0.3 is 10.1 Å². The number of benzene rings is 1. The third-order valence-electron chi connectivity index (χ3n) is 2.84. The monoisotopic (exact) mass is 313 g/mol. The number of nitrogens with one attached hydrogen (secondary N) is 1. The standard InChI is InChI=1S/C14H20BrNO2/c1-10(2)13(9-15)16-14(17)8-11-4-6-12(18-3)7-5-11/h4-7,10,13H,8-9H2,1-3H3,(H,16,17). The van der Waals surface area contributed by atoms with Crippen molar-refractivity contribution in [3.8, 4) is 5.75 Å². The predicted molar refractivity (Wildman–Crippen MR) is 77.3 cm³/mol. The molecule has 0 spiro atoms. The molecule has 0 fully saturated rings. The van der Waals surface area contributed by atoms with Crippen LogP contribution in [0, 0.1) is 5.92 Å². The highest BCUT2D eigenvalue weighted by molar-refractivity contribution is 9.09. The Labute approximate surface area is 117 Å². The Morgan fingerprint density at radius 2 is 1.94 bits per heavy atom. The molecule has 18 heavy (non-hydrogen) atoms. The Kier molecular flexibility index (Phi) is 6.19. The van der Waals surface area contributed by atoms with Crippen LogP contribution in [0.4, 0.5) is 0 Å². The van der Waals surface area contributed by atoms with Crippen LogP contribution in [0.5, 0.6) is 5.75 Å². The van der Waals surface area contributed by atoms with Gasteiger partial charge in [-0.25, -0.2) is 0 Å². The van der Waals surface area contributed by atoms with Gasteiger partial charge in [-0.15, -0.1) is 0 Å². The molecule has 0 aliphatic carbocycles. The summed E-state index contributed by atoms with van der Waals surface area (Å²) in [5, 5.41) is 3.80. The van der Waals surface area contributed by atoms with E-state index >= 15 is 0 Å². The number of alkyl halides is 1. The topological polar surface area (TPSA) is 38.3 Å². The molecule has 0 aromatic heterocycles. The van der Waals surface area contributed by atoms with Crippen molar-refractivity contribution in [2.75, 3.05) is 12.4 Å². The van der Waals surface area contributed by atoms with Gasteiger partial charge in [0.05, 0.1) is 13.5 Å². The van der Waals surface area contributed by atoms with Crippen LogP contribution < -0.4 is 10.1 Å². The molecule has 0 aliphatic heterocycles. The normalized spacial score (nSPS) is 12.3. The molecule has 100 valence electrons. The fourth-order valence-electron chi connectivity index (χ4n) is 1.57. The molecule has 0 radical (unpaired) electrons. The van der Waals surface area contributed by atoms with Crippen LogP contribution >= 0.6 is 15.9 Å². The van der Waals surface area contributed by atoms with Gasteiger partial charge in [-0.3, -0.25) is 4.79 Å². The molecule has 1 rings (SSSR count). The molecule has 0 bridgehead atoms. The van der Waals surface area contributed by atoms with Gasteiger partial charge >= 0.3 is 0 Å². The zero-order valence-corrected chi connectivity index (χ0v) is 12.7. The maximum absolute atomic E-state index is 11.9. The summed E-state index contributed by atoms with van der Waals surface area (Å²) < 4.78 is 5.08. The number of ether oxygens (including phenoxy) is 1. The van der Waals surface area contributed by atoms with Crippen molar-refractivity contribution < 1.29 is 9.53 Å². The van der Waals surface area contributed by atoms with Crippen LogP contribution in [0.25, 0.3) is 0 Å². The van der Waals surface area contributed by atoms with Crippen molar-refractivity contribution in [2.45, 2.75) is 26.3 Å². The number of hydrogen-bond donors (Lipinski definition) is 1. The Morgan fingerprint density at radius 1 is 1.33 bits per heavy atom. The summed E-state index contributed by atoms with van der Waals surface area (Å²) in [6, 6.07) is 7.74. The van der Waals surface area contributed by atoms with Crippen LogP contribution in [0.2, 0.25) is 0 Å². The van der Waals surface area contributed by atoms with Gasteiger partial charge in [-0.1, -0.05) is 41.9 Å². The minimum absolute atomic E-state index is 0.0540. The highest BCUT2D eigenvalue weighted by atomic mass is 79.9. The van der Waals surface area contributed by atoms with E-state index in [4.69, 9.17) is 4.74 Å². The number of methoxy groups -OCH3 is 1. The molecule has 0 saturated heterocycles. The van der Waals surface area contributed by atoms with Crippen molar-refractivity contribution in [3.05, 3.63) is 29.8 Å². The highest BCUT2D eigenvalue weighted by Crippen LogP contribution is 2.12. The molecule has 3 nitrogen and oxygen atoms in total. The Hall–Kier alpha value is -1.03. The molecule has 1 aromatic carbocycles. The molecule has 0 heterocycles. The van der Waals surface area contributed by atoms with Gasteiger partial charge in [0, 0.05) is 11.4 Å². The lowest BCUT2D eigenvalue weighted by molar-refractivity contribution is -0.121. The average molecular weight is 314 g/mol. The third kappa shape index (κ3) is 4.69. The second-order valence-corrected chi connectivity index (χ2v) is 5.24. The van der Waals surface area contributed by atoms with E-state index in [1.807, 2.05) is 24.3 Å². The maximum Gasteiger partial charge on any atom is 0.224 e. The van der Waals surface area contributed by atoms with E-state index < -0.39 is 0 Å². The molecule has 4 heteroatoms. The summed E-state index contributed by atoms with van der Waals surface area (Å²) in [5.74, 6) is 1.28. The van der Waals surface area contributed by atoms with Crippen molar-refractivity contribution in [1.29, 1.82) is 0 Å². The second kappa shape index (κ2) is 7.41. The Morgan fingerprint density at radius 3 is 2.39 bits per heavy atom. The van der Waals surface area contributed by atoms with Gasteiger partial charge in [-0.2, -0.15) is 0 Å². The first-order chi connectivity index (χ1) is 8.56. The van der Waals surface area contributed by atoms with Gasteiger partial charge in [0.2, 0.25) is 5.91 Å². The number of halogens is 1. The summed E-state index contributed by atoms with van der Waals surface area (Å²) in [6.45, 7) is 4.19. The number of rotatable bonds is 6. The lowest BCUT2D eigenvalue weighted by Crippen LogP contribution is -2.40. The third-order valence-corrected chi connectivity index (χ3v) is 3.54. The first-order valence-electron chi connectivity index (χ1n) is 6.05. The quantitative estimate of drug-likeness (QED) is 0.820. The van der Waals surface area contributed by atoms with Crippen LogP contribution in [0.1, 0.15) is 19.4 Å². The molecule has 1 N–H and O–H groups in total. The summed E-state index contributed by atoms with van der Waals surface area (Å²) >= 11 is 3.42. The van der Waals surface area contributed by atoms with Gasteiger partial charge in [0.25, 0.3) is 0 Å². The van der Waals surface area contributed by atoms with E-state index in [9.17, 15) is 4.79 Å². The number of carbonyl (C=O) groups is 1. The maximum atomic E-state index is 11.9.